The van der Waals surface area contributed by atoms with Gasteiger partial charge in [-0.2, -0.15) is 0 Å². The molecule has 1 heteroatoms. The van der Waals surface area contributed by atoms with E-state index in [1.165, 1.54) is 58.2 Å². The van der Waals surface area contributed by atoms with Gasteiger partial charge in [0.1, 0.15) is 0 Å². The normalized spacial score (nSPS) is 23.4. The number of rotatable bonds is 4. The summed E-state index contributed by atoms with van der Waals surface area (Å²) in [7, 11) is 0. The van der Waals surface area contributed by atoms with E-state index in [1.54, 1.807) is 0 Å². The van der Waals surface area contributed by atoms with Crippen molar-refractivity contribution < 1.29 is 0 Å². The van der Waals surface area contributed by atoms with Crippen LogP contribution in [-0.2, 0) is 0 Å². The fourth-order valence-corrected chi connectivity index (χ4v) is 2.53. The van der Waals surface area contributed by atoms with Crippen LogP contribution in [0.5, 0.6) is 0 Å². The maximum Gasteiger partial charge on any atom is 0.000966 e. The molecule has 2 aliphatic rings. The zero-order valence-corrected chi connectivity index (χ0v) is 11.0. The number of hydrogen-bond donors (Lipinski definition) is 0. The molecule has 0 aromatic carbocycles. The van der Waals surface area contributed by atoms with Gasteiger partial charge in [-0.15, -0.1) is 0 Å². The monoisotopic (exact) mass is 211 g/mol. The van der Waals surface area contributed by atoms with Gasteiger partial charge in [-0.25, -0.2) is 0 Å². The second-order valence-corrected chi connectivity index (χ2v) is 4.98. The van der Waals surface area contributed by atoms with Crippen LogP contribution in [0.25, 0.3) is 0 Å². The van der Waals surface area contributed by atoms with Crippen molar-refractivity contribution >= 4 is 0 Å². The molecule has 0 bridgehead atoms. The van der Waals surface area contributed by atoms with E-state index in [9.17, 15) is 0 Å². The van der Waals surface area contributed by atoms with Crippen LogP contribution in [0, 0.1) is 11.8 Å². The van der Waals surface area contributed by atoms with Gasteiger partial charge in [0.2, 0.25) is 0 Å². The molecule has 0 aromatic rings. The Morgan fingerprint density at radius 3 is 2.00 bits per heavy atom. The van der Waals surface area contributed by atoms with Crippen LogP contribution in [0.1, 0.15) is 59.3 Å². The fraction of sp³-hybridized carbons (Fsp3) is 1.00. The Morgan fingerprint density at radius 1 is 0.933 bits per heavy atom. The lowest BCUT2D eigenvalue weighted by molar-refractivity contribution is 0.172. The summed E-state index contributed by atoms with van der Waals surface area (Å²) in [6, 6.07) is 0. The fourth-order valence-electron chi connectivity index (χ4n) is 2.53. The first-order chi connectivity index (χ1) is 7.38. The van der Waals surface area contributed by atoms with Crippen molar-refractivity contribution in [2.24, 2.45) is 11.8 Å². The summed E-state index contributed by atoms with van der Waals surface area (Å²) < 4.78 is 0. The highest BCUT2D eigenvalue weighted by atomic mass is 15.1. The third-order valence-corrected chi connectivity index (χ3v) is 3.62. The number of piperidine rings is 1. The summed E-state index contributed by atoms with van der Waals surface area (Å²) in [4.78, 5) is 2.70. The van der Waals surface area contributed by atoms with Crippen molar-refractivity contribution in [2.75, 3.05) is 19.6 Å². The van der Waals surface area contributed by atoms with Crippen molar-refractivity contribution in [1.82, 2.24) is 4.90 Å². The Balaban J connectivity index is 0.000000531. The van der Waals surface area contributed by atoms with Crippen LogP contribution >= 0.6 is 0 Å². The number of likely N-dealkylation sites (tertiary alicyclic amines) is 1. The number of hydrogen-bond acceptors (Lipinski definition) is 1. The second-order valence-electron chi connectivity index (χ2n) is 4.98. The minimum Gasteiger partial charge on any atom is -0.303 e. The van der Waals surface area contributed by atoms with Gasteiger partial charge in [-0.05, 0) is 50.6 Å². The van der Waals surface area contributed by atoms with Gasteiger partial charge in [0.25, 0.3) is 0 Å². The van der Waals surface area contributed by atoms with E-state index in [0.29, 0.717) is 0 Å². The molecular weight excluding hydrogens is 182 g/mol. The van der Waals surface area contributed by atoms with Gasteiger partial charge in [-0.1, -0.05) is 33.6 Å². The first-order valence-corrected chi connectivity index (χ1v) is 7.11. The van der Waals surface area contributed by atoms with Gasteiger partial charge in [0.15, 0.2) is 0 Å². The van der Waals surface area contributed by atoms with E-state index in [0.717, 1.165) is 11.8 Å². The lowest BCUT2D eigenvalue weighted by atomic mass is 9.92. The zero-order valence-electron chi connectivity index (χ0n) is 11.0. The molecule has 0 unspecified atom stereocenters. The van der Waals surface area contributed by atoms with Crippen LogP contribution in [0.15, 0.2) is 0 Å². The van der Waals surface area contributed by atoms with Gasteiger partial charge in [-0.3, -0.25) is 0 Å². The van der Waals surface area contributed by atoms with E-state index < -0.39 is 0 Å². The van der Waals surface area contributed by atoms with Crippen molar-refractivity contribution in [3.8, 4) is 0 Å². The predicted molar refractivity (Wildman–Crippen MR) is 68.1 cm³/mol. The largest absolute Gasteiger partial charge is 0.303 e. The van der Waals surface area contributed by atoms with Crippen LogP contribution < -0.4 is 0 Å². The molecule has 0 atom stereocenters. The van der Waals surface area contributed by atoms with Crippen LogP contribution in [0.3, 0.4) is 0 Å². The molecule has 1 aliphatic heterocycles. The summed E-state index contributed by atoms with van der Waals surface area (Å²) in [5.41, 5.74) is 0. The molecule has 1 saturated heterocycles. The maximum absolute atomic E-state index is 2.70. The highest BCUT2D eigenvalue weighted by Gasteiger charge is 2.26. The molecule has 1 heterocycles. The van der Waals surface area contributed by atoms with E-state index in [2.05, 4.69) is 11.8 Å². The minimum atomic E-state index is 1.06. The smallest absolute Gasteiger partial charge is 0.000966 e. The summed E-state index contributed by atoms with van der Waals surface area (Å²) in [6.07, 6.45) is 8.81. The molecule has 2 rings (SSSR count). The zero-order chi connectivity index (χ0) is 11.1. The van der Waals surface area contributed by atoms with Crippen molar-refractivity contribution in [3.63, 3.8) is 0 Å². The molecule has 0 radical (unpaired) electrons. The summed E-state index contributed by atoms with van der Waals surface area (Å²) in [6.45, 7) is 10.5. The van der Waals surface area contributed by atoms with E-state index in [1.807, 2.05) is 13.8 Å². The lowest BCUT2D eigenvalue weighted by Gasteiger charge is -2.31. The minimum absolute atomic E-state index is 1.06. The molecule has 90 valence electrons. The topological polar surface area (TPSA) is 3.24 Å². The van der Waals surface area contributed by atoms with E-state index in [4.69, 9.17) is 0 Å². The average Bonchev–Trinajstić information content (AvgIpc) is 3.08. The summed E-state index contributed by atoms with van der Waals surface area (Å²) in [5, 5.41) is 0. The lowest BCUT2D eigenvalue weighted by Crippen LogP contribution is -2.35. The quantitative estimate of drug-likeness (QED) is 0.681. The van der Waals surface area contributed by atoms with Crippen molar-refractivity contribution in [3.05, 3.63) is 0 Å². The summed E-state index contributed by atoms with van der Waals surface area (Å²) in [5.74, 6) is 2.14. The molecule has 1 aliphatic carbocycles. The third kappa shape index (κ3) is 5.01. The predicted octanol–water partition coefficient (Wildman–Crippen LogP) is 3.93. The number of nitrogens with zero attached hydrogens (tertiary/aromatic N) is 1. The highest BCUT2D eigenvalue weighted by Crippen LogP contribution is 2.31. The third-order valence-electron chi connectivity index (χ3n) is 3.62. The Hall–Kier alpha value is -0.0400. The first-order valence-electron chi connectivity index (χ1n) is 7.11. The molecule has 0 N–H and O–H groups in total. The first kappa shape index (κ1) is 13.0. The van der Waals surface area contributed by atoms with Crippen LogP contribution in [0.4, 0.5) is 0 Å². The van der Waals surface area contributed by atoms with E-state index in [-0.39, 0.29) is 0 Å². The van der Waals surface area contributed by atoms with Gasteiger partial charge >= 0.3 is 0 Å². The Morgan fingerprint density at radius 2 is 1.53 bits per heavy atom. The molecule has 0 aromatic heterocycles. The van der Waals surface area contributed by atoms with Gasteiger partial charge in [0, 0.05) is 6.54 Å². The van der Waals surface area contributed by atoms with Gasteiger partial charge < -0.3 is 4.90 Å². The molecule has 15 heavy (non-hydrogen) atoms. The highest BCUT2D eigenvalue weighted by molar-refractivity contribution is 4.80. The Kier molecular flexibility index (Phi) is 6.31. The average molecular weight is 211 g/mol. The van der Waals surface area contributed by atoms with Gasteiger partial charge in [0.05, 0.1) is 0 Å². The Labute approximate surface area is 96.2 Å². The molecule has 1 saturated carbocycles. The molecule has 0 spiro atoms. The standard InChI is InChI=1S/C12H23N.C2H6/c1-2-3-11-6-8-13(9-7-11)10-12-4-5-12;1-2/h11-12H,2-10H2,1H3;1-2H3. The second kappa shape index (κ2) is 7.27. The molecular formula is C14H29N. The molecule has 2 fully saturated rings. The van der Waals surface area contributed by atoms with E-state index >= 15 is 0 Å². The Bertz CT molecular complexity index is 143. The van der Waals surface area contributed by atoms with Crippen LogP contribution in [0.2, 0.25) is 0 Å². The van der Waals surface area contributed by atoms with Crippen molar-refractivity contribution in [1.29, 1.82) is 0 Å². The molecule has 1 nitrogen and oxygen atoms in total. The summed E-state index contributed by atoms with van der Waals surface area (Å²) >= 11 is 0. The van der Waals surface area contributed by atoms with Crippen molar-refractivity contribution in [2.45, 2.75) is 59.3 Å². The van der Waals surface area contributed by atoms with Crippen LogP contribution in [-0.4, -0.2) is 24.5 Å². The molecule has 0 amide bonds. The SMILES string of the molecule is CC.CCCC1CCN(CC2CC2)CC1. The maximum atomic E-state index is 2.70.